The Balaban J connectivity index is 1.83. The van der Waals surface area contributed by atoms with E-state index < -0.39 is 0 Å². The summed E-state index contributed by atoms with van der Waals surface area (Å²) < 4.78 is 0. The molecular formula is C25H27NO2. The molecule has 0 saturated heterocycles. The average Bonchev–Trinajstić information content (AvgIpc) is 2.73. The van der Waals surface area contributed by atoms with Gasteiger partial charge in [-0.3, -0.25) is 4.79 Å². The molecule has 0 fully saturated rings. The van der Waals surface area contributed by atoms with Crippen LogP contribution in [-0.4, -0.2) is 11.0 Å². The number of phenols is 1. The fourth-order valence-electron chi connectivity index (χ4n) is 3.33. The van der Waals surface area contributed by atoms with Crippen molar-refractivity contribution in [2.75, 3.05) is 5.32 Å². The van der Waals surface area contributed by atoms with Gasteiger partial charge in [-0.15, -0.1) is 0 Å². The van der Waals surface area contributed by atoms with E-state index in [2.05, 4.69) is 30.4 Å². The van der Waals surface area contributed by atoms with Crippen molar-refractivity contribution in [1.82, 2.24) is 0 Å². The number of nitrogens with one attached hydrogen (secondary N) is 1. The molecule has 3 aromatic rings. The number of carbonyl (C=O) groups is 1. The second-order valence-corrected chi connectivity index (χ2v) is 7.05. The summed E-state index contributed by atoms with van der Waals surface area (Å²) in [6.07, 6.45) is 5.73. The highest BCUT2D eigenvalue weighted by atomic mass is 16.3. The van der Waals surface area contributed by atoms with E-state index in [1.165, 1.54) is 36.0 Å². The van der Waals surface area contributed by atoms with Gasteiger partial charge in [-0.1, -0.05) is 62.6 Å². The highest BCUT2D eigenvalue weighted by molar-refractivity contribution is 6.04. The van der Waals surface area contributed by atoms with Gasteiger partial charge in [-0.2, -0.15) is 0 Å². The van der Waals surface area contributed by atoms with Crippen LogP contribution in [0.15, 0.2) is 72.8 Å². The van der Waals surface area contributed by atoms with Gasteiger partial charge >= 0.3 is 0 Å². The topological polar surface area (TPSA) is 49.3 Å². The Morgan fingerprint density at radius 3 is 2.36 bits per heavy atom. The van der Waals surface area contributed by atoms with Gasteiger partial charge in [-0.25, -0.2) is 0 Å². The Morgan fingerprint density at radius 1 is 0.893 bits per heavy atom. The van der Waals surface area contributed by atoms with E-state index >= 15 is 0 Å². The van der Waals surface area contributed by atoms with Gasteiger partial charge in [0, 0.05) is 11.3 Å². The van der Waals surface area contributed by atoms with Crippen molar-refractivity contribution in [2.45, 2.75) is 39.0 Å². The summed E-state index contributed by atoms with van der Waals surface area (Å²) in [5, 5.41) is 12.3. The Morgan fingerprint density at radius 2 is 1.64 bits per heavy atom. The highest BCUT2D eigenvalue weighted by Crippen LogP contribution is 2.27. The van der Waals surface area contributed by atoms with Gasteiger partial charge < -0.3 is 10.4 Å². The summed E-state index contributed by atoms with van der Waals surface area (Å²) in [6.45, 7) is 2.21. The summed E-state index contributed by atoms with van der Waals surface area (Å²) in [4.78, 5) is 12.7. The van der Waals surface area contributed by atoms with Crippen LogP contribution in [0.25, 0.3) is 11.1 Å². The zero-order chi connectivity index (χ0) is 19.8. The van der Waals surface area contributed by atoms with Gasteiger partial charge in [-0.05, 0) is 65.9 Å². The lowest BCUT2D eigenvalue weighted by molar-refractivity contribution is 0.102. The molecule has 0 bridgehead atoms. The SMILES string of the molecule is CCCCCCc1cc(C(=O)Nc2ccc(O)cc2)ccc1-c1ccccc1. The fourth-order valence-corrected chi connectivity index (χ4v) is 3.33. The molecule has 0 aliphatic rings. The number of amides is 1. The monoisotopic (exact) mass is 373 g/mol. The first-order chi connectivity index (χ1) is 13.7. The number of anilines is 1. The standard InChI is InChI=1S/C25H27NO2/c1-2-3-4-6-11-20-18-21(12-17-24(20)19-9-7-5-8-10-19)25(28)26-22-13-15-23(27)16-14-22/h5,7-10,12-18,27H,2-4,6,11H2,1H3,(H,26,28). The summed E-state index contributed by atoms with van der Waals surface area (Å²) >= 11 is 0. The number of rotatable bonds is 8. The minimum Gasteiger partial charge on any atom is -0.508 e. The van der Waals surface area contributed by atoms with Crippen LogP contribution >= 0.6 is 0 Å². The second kappa shape index (κ2) is 9.75. The lowest BCUT2D eigenvalue weighted by Gasteiger charge is -2.13. The first-order valence-corrected chi connectivity index (χ1v) is 9.96. The molecule has 3 aromatic carbocycles. The maximum atomic E-state index is 12.7. The molecule has 0 radical (unpaired) electrons. The molecule has 0 spiro atoms. The number of hydrogen-bond donors (Lipinski definition) is 2. The molecule has 0 unspecified atom stereocenters. The third-order valence-corrected chi connectivity index (χ3v) is 4.88. The number of aryl methyl sites for hydroxylation is 1. The minimum atomic E-state index is -0.139. The Bertz CT molecular complexity index is 902. The molecule has 2 N–H and O–H groups in total. The van der Waals surface area contributed by atoms with Crippen molar-refractivity contribution >= 4 is 11.6 Å². The van der Waals surface area contributed by atoms with E-state index in [0.29, 0.717) is 11.3 Å². The van der Waals surface area contributed by atoms with Gasteiger partial charge in [0.25, 0.3) is 5.91 Å². The minimum absolute atomic E-state index is 0.139. The van der Waals surface area contributed by atoms with Crippen LogP contribution in [0.3, 0.4) is 0 Å². The molecule has 1 amide bonds. The number of hydrogen-bond acceptors (Lipinski definition) is 2. The van der Waals surface area contributed by atoms with Crippen molar-refractivity contribution in [2.24, 2.45) is 0 Å². The maximum Gasteiger partial charge on any atom is 0.255 e. The summed E-state index contributed by atoms with van der Waals surface area (Å²) in [5.74, 6) is 0.0414. The Labute approximate surface area is 167 Å². The van der Waals surface area contributed by atoms with Crippen LogP contribution in [-0.2, 0) is 6.42 Å². The fraction of sp³-hybridized carbons (Fsp3) is 0.240. The molecule has 28 heavy (non-hydrogen) atoms. The van der Waals surface area contributed by atoms with Crippen LogP contribution in [0, 0.1) is 0 Å². The molecular weight excluding hydrogens is 346 g/mol. The van der Waals surface area contributed by atoms with Crippen LogP contribution in [0.2, 0.25) is 0 Å². The number of carbonyl (C=O) groups excluding carboxylic acids is 1. The number of phenolic OH excluding ortho intramolecular Hbond substituents is 1. The third-order valence-electron chi connectivity index (χ3n) is 4.88. The molecule has 3 nitrogen and oxygen atoms in total. The van der Waals surface area contributed by atoms with E-state index in [4.69, 9.17) is 0 Å². The van der Waals surface area contributed by atoms with E-state index in [1.54, 1.807) is 24.3 Å². The largest absolute Gasteiger partial charge is 0.508 e. The van der Waals surface area contributed by atoms with Gasteiger partial charge in [0.1, 0.15) is 5.75 Å². The van der Waals surface area contributed by atoms with E-state index in [1.807, 2.05) is 30.3 Å². The zero-order valence-corrected chi connectivity index (χ0v) is 16.3. The summed E-state index contributed by atoms with van der Waals surface area (Å²) in [6, 6.07) is 22.8. The van der Waals surface area contributed by atoms with Crippen molar-refractivity contribution < 1.29 is 9.90 Å². The van der Waals surface area contributed by atoms with Gasteiger partial charge in [0.2, 0.25) is 0 Å². The number of unbranched alkanes of at least 4 members (excludes halogenated alkanes) is 3. The van der Waals surface area contributed by atoms with E-state index in [0.717, 1.165) is 12.8 Å². The molecule has 0 heterocycles. The van der Waals surface area contributed by atoms with Crippen molar-refractivity contribution in [3.8, 4) is 16.9 Å². The average molecular weight is 373 g/mol. The zero-order valence-electron chi connectivity index (χ0n) is 16.3. The van der Waals surface area contributed by atoms with Crippen molar-refractivity contribution in [3.05, 3.63) is 83.9 Å². The number of benzene rings is 3. The molecule has 0 saturated carbocycles. The second-order valence-electron chi connectivity index (χ2n) is 7.05. The van der Waals surface area contributed by atoms with Crippen molar-refractivity contribution in [1.29, 1.82) is 0 Å². The first-order valence-electron chi connectivity index (χ1n) is 9.96. The van der Waals surface area contributed by atoms with Crippen molar-refractivity contribution in [3.63, 3.8) is 0 Å². The van der Waals surface area contributed by atoms with Gasteiger partial charge in [0.05, 0.1) is 0 Å². The smallest absolute Gasteiger partial charge is 0.255 e. The normalized spacial score (nSPS) is 10.6. The lowest BCUT2D eigenvalue weighted by Crippen LogP contribution is -2.12. The highest BCUT2D eigenvalue weighted by Gasteiger charge is 2.11. The summed E-state index contributed by atoms with van der Waals surface area (Å²) in [5.41, 5.74) is 4.90. The van der Waals surface area contributed by atoms with Crippen LogP contribution < -0.4 is 5.32 Å². The third kappa shape index (κ3) is 5.23. The van der Waals surface area contributed by atoms with Gasteiger partial charge in [0.15, 0.2) is 0 Å². The molecule has 0 aromatic heterocycles. The van der Waals surface area contributed by atoms with E-state index in [-0.39, 0.29) is 11.7 Å². The Hall–Kier alpha value is -3.07. The lowest BCUT2D eigenvalue weighted by atomic mass is 9.93. The predicted octanol–water partition coefficient (Wildman–Crippen LogP) is 6.43. The number of aromatic hydroxyl groups is 1. The molecule has 0 aliphatic carbocycles. The quantitative estimate of drug-likeness (QED) is 0.353. The molecule has 0 atom stereocenters. The molecule has 144 valence electrons. The molecule has 3 heteroatoms. The Kier molecular flexibility index (Phi) is 6.85. The summed E-state index contributed by atoms with van der Waals surface area (Å²) in [7, 11) is 0. The van der Waals surface area contributed by atoms with E-state index in [9.17, 15) is 9.90 Å². The van der Waals surface area contributed by atoms with Crippen LogP contribution in [0.5, 0.6) is 5.75 Å². The van der Waals surface area contributed by atoms with Crippen LogP contribution in [0.1, 0.15) is 48.5 Å². The predicted molar refractivity (Wildman–Crippen MR) is 116 cm³/mol. The maximum absolute atomic E-state index is 12.7. The molecule has 0 aliphatic heterocycles. The first kappa shape index (κ1) is 19.7. The van der Waals surface area contributed by atoms with Crippen LogP contribution in [0.4, 0.5) is 5.69 Å². The molecule has 3 rings (SSSR count).